The van der Waals surface area contributed by atoms with Crippen LogP contribution in [0.25, 0.3) is 16.9 Å². The van der Waals surface area contributed by atoms with Crippen molar-refractivity contribution < 1.29 is 17.9 Å². The van der Waals surface area contributed by atoms with E-state index in [1.165, 1.54) is 22.9 Å². The van der Waals surface area contributed by atoms with E-state index in [0.29, 0.717) is 16.0 Å². The van der Waals surface area contributed by atoms with E-state index in [9.17, 15) is 18.0 Å². The van der Waals surface area contributed by atoms with Gasteiger partial charge in [0, 0.05) is 18.2 Å². The van der Waals surface area contributed by atoms with E-state index in [4.69, 9.17) is 4.74 Å². The normalized spacial score (nSPS) is 11.6. The summed E-state index contributed by atoms with van der Waals surface area (Å²) in [5.41, 5.74) is 1.08. The summed E-state index contributed by atoms with van der Waals surface area (Å²) in [6.45, 7) is 0.387. The summed E-state index contributed by atoms with van der Waals surface area (Å²) < 4.78 is 46.0. The second kappa shape index (κ2) is 8.05. The Labute approximate surface area is 173 Å². The Bertz CT molecular complexity index is 1270. The molecule has 1 N–H and O–H groups in total. The van der Waals surface area contributed by atoms with Crippen molar-refractivity contribution in [2.45, 2.75) is 12.7 Å². The van der Waals surface area contributed by atoms with Gasteiger partial charge in [-0.05, 0) is 42.5 Å². The van der Waals surface area contributed by atoms with Crippen molar-refractivity contribution in [2.24, 2.45) is 0 Å². The number of ether oxygens (including phenoxy) is 1. The van der Waals surface area contributed by atoms with Crippen molar-refractivity contribution in [3.63, 3.8) is 0 Å². The first-order chi connectivity index (χ1) is 14.8. The molecule has 4 rings (SSSR count). The van der Waals surface area contributed by atoms with Gasteiger partial charge in [0.1, 0.15) is 11.6 Å². The monoisotopic (exact) mass is 431 g/mol. The summed E-state index contributed by atoms with van der Waals surface area (Å²) in [6, 6.07) is 13.1. The van der Waals surface area contributed by atoms with E-state index >= 15 is 0 Å². The number of hydrogen-bond donors (Lipinski definition) is 1. The Hall–Kier alpha value is -3.96. The predicted molar refractivity (Wildman–Crippen MR) is 105 cm³/mol. The first-order valence-electron chi connectivity index (χ1n) is 9.11. The van der Waals surface area contributed by atoms with Gasteiger partial charge < -0.3 is 10.1 Å². The van der Waals surface area contributed by atoms with Crippen LogP contribution in [0.3, 0.4) is 0 Å². The molecule has 1 aromatic carbocycles. The minimum absolute atomic E-state index is 0.0250. The number of rotatable bonds is 6. The van der Waals surface area contributed by atoms with Gasteiger partial charge in [0.05, 0.1) is 19.3 Å². The van der Waals surface area contributed by atoms with Crippen LogP contribution in [-0.2, 0) is 12.7 Å². The summed E-state index contributed by atoms with van der Waals surface area (Å²) >= 11 is 0. The minimum atomic E-state index is -4.68. The molecule has 0 atom stereocenters. The fourth-order valence-corrected chi connectivity index (χ4v) is 2.87. The zero-order valence-corrected chi connectivity index (χ0v) is 16.2. The average molecular weight is 431 g/mol. The van der Waals surface area contributed by atoms with Gasteiger partial charge in [0.2, 0.25) is 0 Å². The summed E-state index contributed by atoms with van der Waals surface area (Å²) in [5.74, 6) is -0.333. The third-order valence-electron chi connectivity index (χ3n) is 4.40. The second-order valence-electron chi connectivity index (χ2n) is 6.45. The number of hydrogen-bond acceptors (Lipinski definition) is 7. The van der Waals surface area contributed by atoms with E-state index in [0.717, 1.165) is 5.56 Å². The third-order valence-corrected chi connectivity index (χ3v) is 4.40. The highest BCUT2D eigenvalue weighted by molar-refractivity contribution is 5.59. The van der Waals surface area contributed by atoms with Crippen LogP contribution in [0, 0.1) is 0 Å². The van der Waals surface area contributed by atoms with Gasteiger partial charge in [0.15, 0.2) is 5.65 Å². The van der Waals surface area contributed by atoms with Gasteiger partial charge in [-0.1, -0.05) is 0 Å². The lowest BCUT2D eigenvalue weighted by Crippen LogP contribution is -2.26. The molecule has 3 heterocycles. The van der Waals surface area contributed by atoms with E-state index < -0.39 is 12.0 Å². The van der Waals surface area contributed by atoms with E-state index in [2.05, 4.69) is 25.7 Å². The smallest absolute Gasteiger partial charge is 0.453 e. The summed E-state index contributed by atoms with van der Waals surface area (Å²) in [6.07, 6.45) is -4.68. The number of halogens is 3. The van der Waals surface area contributed by atoms with Gasteiger partial charge in [-0.25, -0.2) is 4.68 Å². The molecule has 0 unspecified atom stereocenters. The summed E-state index contributed by atoms with van der Waals surface area (Å²) in [7, 11) is 1.57. The maximum absolute atomic E-state index is 13.0. The number of benzene rings is 1. The SMILES string of the molecule is COc1ccc(-c2ccc(=O)n(CCNc3ccc4nnc(C(F)(F)F)n4n3)n2)cc1. The number of alkyl halides is 3. The van der Waals surface area contributed by atoms with Crippen LogP contribution in [0.4, 0.5) is 19.0 Å². The number of aromatic nitrogens is 6. The highest BCUT2D eigenvalue weighted by Crippen LogP contribution is 2.27. The molecule has 160 valence electrons. The molecule has 4 aromatic rings. The van der Waals surface area contributed by atoms with Crippen molar-refractivity contribution in [1.82, 2.24) is 29.6 Å². The number of nitrogens with zero attached hydrogens (tertiary/aromatic N) is 6. The quantitative estimate of drug-likeness (QED) is 0.501. The van der Waals surface area contributed by atoms with Crippen molar-refractivity contribution in [1.29, 1.82) is 0 Å². The Morgan fingerprint density at radius 1 is 1.00 bits per heavy atom. The standard InChI is InChI=1S/C19H16F3N7O2/c1-31-13-4-2-12(3-5-13)14-6-9-17(30)28(26-14)11-10-23-15-7-8-16-24-25-18(19(20,21)22)29(16)27-15/h2-9H,10-11H2,1H3,(H,23,27). The Balaban J connectivity index is 1.49. The lowest BCUT2D eigenvalue weighted by Gasteiger charge is -2.10. The molecule has 9 nitrogen and oxygen atoms in total. The molecule has 31 heavy (non-hydrogen) atoms. The van der Waals surface area contributed by atoms with Gasteiger partial charge >= 0.3 is 6.18 Å². The summed E-state index contributed by atoms with van der Waals surface area (Å²) in [5, 5.41) is 17.7. The maximum Gasteiger partial charge on any atom is 0.453 e. The van der Waals surface area contributed by atoms with Gasteiger partial charge in [-0.3, -0.25) is 4.79 Å². The maximum atomic E-state index is 13.0. The van der Waals surface area contributed by atoms with E-state index in [-0.39, 0.29) is 30.1 Å². The third kappa shape index (κ3) is 4.32. The van der Waals surface area contributed by atoms with Crippen LogP contribution in [0.15, 0.2) is 53.3 Å². The van der Waals surface area contributed by atoms with Crippen LogP contribution in [0.5, 0.6) is 5.75 Å². The van der Waals surface area contributed by atoms with E-state index in [1.54, 1.807) is 25.3 Å². The molecule has 0 aliphatic heterocycles. The molecule has 0 aliphatic rings. The van der Waals surface area contributed by atoms with Crippen molar-refractivity contribution >= 4 is 11.5 Å². The Morgan fingerprint density at radius 2 is 1.77 bits per heavy atom. The molecule has 0 radical (unpaired) electrons. The van der Waals surface area contributed by atoms with Gasteiger partial charge in [-0.15, -0.1) is 15.3 Å². The molecular weight excluding hydrogens is 415 g/mol. The molecule has 0 aliphatic carbocycles. The van der Waals surface area contributed by atoms with Gasteiger partial charge in [0.25, 0.3) is 11.4 Å². The summed E-state index contributed by atoms with van der Waals surface area (Å²) in [4.78, 5) is 12.1. The lowest BCUT2D eigenvalue weighted by atomic mass is 10.1. The zero-order valence-electron chi connectivity index (χ0n) is 16.2. The minimum Gasteiger partial charge on any atom is -0.497 e. The first-order valence-corrected chi connectivity index (χ1v) is 9.11. The lowest BCUT2D eigenvalue weighted by molar-refractivity contribution is -0.146. The molecule has 12 heteroatoms. The van der Waals surface area contributed by atoms with E-state index in [1.807, 2.05) is 12.1 Å². The van der Waals surface area contributed by atoms with Crippen molar-refractivity contribution in [3.05, 3.63) is 64.7 Å². The van der Waals surface area contributed by atoms with Crippen LogP contribution < -0.4 is 15.6 Å². The fraction of sp³-hybridized carbons (Fsp3) is 0.211. The molecular formula is C19H16F3N7O2. The first kappa shape index (κ1) is 20.3. The molecule has 0 amide bonds. The highest BCUT2D eigenvalue weighted by atomic mass is 19.4. The van der Waals surface area contributed by atoms with Crippen LogP contribution in [0.2, 0.25) is 0 Å². The molecule has 0 spiro atoms. The predicted octanol–water partition coefficient (Wildman–Crippen LogP) is 2.49. The molecule has 0 saturated heterocycles. The molecule has 0 bridgehead atoms. The number of fused-ring (bicyclic) bond motifs is 1. The molecule has 3 aromatic heterocycles. The zero-order chi connectivity index (χ0) is 22.0. The van der Waals surface area contributed by atoms with Crippen LogP contribution in [-0.4, -0.2) is 43.2 Å². The van der Waals surface area contributed by atoms with Crippen LogP contribution >= 0.6 is 0 Å². The fourth-order valence-electron chi connectivity index (χ4n) is 2.87. The number of methoxy groups -OCH3 is 1. The van der Waals surface area contributed by atoms with Crippen LogP contribution in [0.1, 0.15) is 5.82 Å². The Kier molecular flexibility index (Phi) is 5.28. The number of anilines is 1. The Morgan fingerprint density at radius 3 is 2.48 bits per heavy atom. The van der Waals surface area contributed by atoms with Gasteiger partial charge in [-0.2, -0.15) is 22.8 Å². The number of nitrogens with one attached hydrogen (secondary N) is 1. The highest BCUT2D eigenvalue weighted by Gasteiger charge is 2.37. The van der Waals surface area contributed by atoms with Crippen molar-refractivity contribution in [2.75, 3.05) is 19.0 Å². The molecule has 0 fully saturated rings. The largest absolute Gasteiger partial charge is 0.497 e. The average Bonchev–Trinajstić information content (AvgIpc) is 3.19. The van der Waals surface area contributed by atoms with Crippen molar-refractivity contribution in [3.8, 4) is 17.0 Å². The molecule has 0 saturated carbocycles. The topological polar surface area (TPSA) is 99.2 Å². The second-order valence-corrected chi connectivity index (χ2v) is 6.45.